The van der Waals surface area contributed by atoms with Crippen LogP contribution in [-0.4, -0.2) is 44.9 Å². The highest BCUT2D eigenvalue weighted by Crippen LogP contribution is 2.51. The van der Waals surface area contributed by atoms with E-state index in [1.807, 2.05) is 61.2 Å². The van der Waals surface area contributed by atoms with Crippen LogP contribution in [0.3, 0.4) is 0 Å². The molecule has 29 rings (SSSR count). The van der Waals surface area contributed by atoms with E-state index in [-0.39, 0.29) is 0 Å². The lowest BCUT2D eigenvalue weighted by atomic mass is 9.89. The van der Waals surface area contributed by atoms with Crippen molar-refractivity contribution < 1.29 is 0 Å². The molecule has 0 saturated heterocycles. The third kappa shape index (κ3) is 14.8. The monoisotopic (exact) mass is 1800 g/mol. The number of hydrogen-bond donors (Lipinski definition) is 0. The molecule has 0 radical (unpaired) electrons. The highest BCUT2D eigenvalue weighted by Gasteiger charge is 2.24. The molecule has 658 valence electrons. The van der Waals surface area contributed by atoms with Gasteiger partial charge in [-0.15, -0.1) is 0 Å². The van der Waals surface area contributed by atoms with Gasteiger partial charge in [0.1, 0.15) is 0 Å². The molecular weight excluding hydrogens is 1720 g/mol. The summed E-state index contributed by atoms with van der Waals surface area (Å²) in [7, 11) is 0. The number of benzene rings is 19. The first kappa shape index (κ1) is 82.4. The van der Waals surface area contributed by atoms with Crippen LogP contribution in [0, 0.1) is 0 Å². The van der Waals surface area contributed by atoms with Crippen LogP contribution in [0.1, 0.15) is 0 Å². The number of aromatic nitrogens is 9. The predicted octanol–water partition coefficient (Wildman–Crippen LogP) is 34.5. The second kappa shape index (κ2) is 34.6. The van der Waals surface area contributed by atoms with Crippen LogP contribution in [0.15, 0.2) is 492 Å². The molecule has 19 aromatic carbocycles. The Bertz CT molecular complexity index is 9830. The Kier molecular flexibility index (Phi) is 20.1. The molecule has 0 aliphatic heterocycles. The maximum atomic E-state index is 5.21. The van der Waals surface area contributed by atoms with Crippen molar-refractivity contribution >= 4 is 130 Å². The quantitative estimate of drug-likeness (QED) is 0.110. The largest absolute Gasteiger partial charge is 0.265 e. The Morgan fingerprint density at radius 1 is 0.127 bits per heavy atom. The van der Waals surface area contributed by atoms with Crippen molar-refractivity contribution in [2.24, 2.45) is 0 Å². The Morgan fingerprint density at radius 3 is 0.965 bits per heavy atom. The maximum absolute atomic E-state index is 5.21. The predicted molar refractivity (Wildman–Crippen MR) is 590 cm³/mol. The summed E-state index contributed by atoms with van der Waals surface area (Å²) in [6.07, 6.45) is 9.16. The van der Waals surface area contributed by atoms with Crippen molar-refractivity contribution in [2.45, 2.75) is 0 Å². The van der Waals surface area contributed by atoms with Gasteiger partial charge in [-0.25, -0.2) is 29.9 Å². The molecule has 28 aromatic rings. The first-order valence-corrected chi connectivity index (χ1v) is 48.0. The van der Waals surface area contributed by atoms with Gasteiger partial charge in [-0.1, -0.05) is 382 Å². The lowest BCUT2D eigenvalue weighted by Gasteiger charge is -2.14. The van der Waals surface area contributed by atoms with Gasteiger partial charge in [-0.05, 0) is 216 Å². The zero-order valence-corrected chi connectivity index (χ0v) is 76.8. The summed E-state index contributed by atoms with van der Waals surface area (Å²) < 4.78 is 0. The van der Waals surface area contributed by atoms with Gasteiger partial charge in [-0.3, -0.25) is 15.0 Å². The van der Waals surface area contributed by atoms with Gasteiger partial charge in [0.25, 0.3) is 0 Å². The number of hydrogen-bond acceptors (Lipinski definition) is 9. The van der Waals surface area contributed by atoms with Gasteiger partial charge >= 0.3 is 0 Å². The van der Waals surface area contributed by atoms with E-state index in [0.717, 1.165) is 166 Å². The van der Waals surface area contributed by atoms with E-state index in [2.05, 4.69) is 440 Å². The summed E-state index contributed by atoms with van der Waals surface area (Å²) in [6.45, 7) is 0. The topological polar surface area (TPSA) is 116 Å². The molecule has 0 spiro atoms. The Balaban J connectivity index is 0.000000107. The summed E-state index contributed by atoms with van der Waals surface area (Å²) in [5, 5.41) is 22.0. The van der Waals surface area contributed by atoms with Crippen molar-refractivity contribution in [1.29, 1.82) is 0 Å². The van der Waals surface area contributed by atoms with Crippen molar-refractivity contribution in [3.8, 4) is 157 Å². The van der Waals surface area contributed by atoms with Crippen LogP contribution >= 0.6 is 0 Å². The van der Waals surface area contributed by atoms with Gasteiger partial charge in [0.2, 0.25) is 0 Å². The Hall–Kier alpha value is -19.1. The van der Waals surface area contributed by atoms with E-state index in [4.69, 9.17) is 29.9 Å². The third-order valence-corrected chi connectivity index (χ3v) is 28.4. The molecule has 0 bridgehead atoms. The van der Waals surface area contributed by atoms with Gasteiger partial charge in [0, 0.05) is 108 Å². The van der Waals surface area contributed by atoms with Gasteiger partial charge in [0.05, 0.1) is 73.0 Å². The van der Waals surface area contributed by atoms with Crippen molar-refractivity contribution in [2.75, 3.05) is 0 Å². The summed E-state index contributed by atoms with van der Waals surface area (Å²) >= 11 is 0. The average molecular weight is 1810 g/mol. The molecule has 0 N–H and O–H groups in total. The molecule has 9 heterocycles. The molecule has 0 fully saturated rings. The minimum Gasteiger partial charge on any atom is -0.265 e. The molecule has 0 unspecified atom stereocenters. The number of pyridine rings is 9. The number of nitrogens with zero attached hydrogens (tertiary/aromatic N) is 9. The summed E-state index contributed by atoms with van der Waals surface area (Å²) in [4.78, 5) is 44.0. The van der Waals surface area contributed by atoms with Crippen molar-refractivity contribution in [3.63, 3.8) is 0 Å². The van der Waals surface area contributed by atoms with E-state index >= 15 is 0 Å². The fourth-order valence-corrected chi connectivity index (χ4v) is 21.2. The van der Waals surface area contributed by atoms with E-state index in [1.165, 1.54) is 120 Å². The highest BCUT2D eigenvalue weighted by molar-refractivity contribution is 6.26. The molecule has 0 saturated carbocycles. The summed E-state index contributed by atoms with van der Waals surface area (Å²) in [6, 6.07) is 164. The zero-order chi connectivity index (χ0) is 93.7. The fraction of sp³-hybridized carbons (Fsp3) is 0. The second-order valence-electron chi connectivity index (χ2n) is 36.6. The molecule has 1 aliphatic rings. The zero-order valence-electron chi connectivity index (χ0n) is 76.8. The molecule has 9 nitrogen and oxygen atoms in total. The van der Waals surface area contributed by atoms with Crippen LogP contribution in [0.5, 0.6) is 0 Å². The number of rotatable bonds is 12. The summed E-state index contributed by atoms with van der Waals surface area (Å²) in [5.74, 6) is 0. The Morgan fingerprint density at radius 2 is 0.465 bits per heavy atom. The second-order valence-corrected chi connectivity index (χ2v) is 36.6. The number of fused-ring (bicyclic) bond motifs is 15. The highest BCUT2D eigenvalue weighted by atomic mass is 14.8. The average Bonchev–Trinajstić information content (AvgIpc) is 1.61. The van der Waals surface area contributed by atoms with Crippen molar-refractivity contribution in [1.82, 2.24) is 44.9 Å². The SMILES string of the molecule is c1ccc(-c2ccc(-c3ccc4ccc5ccc(-c6ccc(-c7ccc8c9c(cccc79)-c7ccccc7-8)cc6)nc5c4n3)cc2)nc1.c1ccc2c(c1)cc(-c1ccc(-c3ccc4ccc5ccc(-c6ccc(-c7ccncc7)cc6)nc5c4n3)cc1)c1ccccc12.c1cncc(-c2cccc(-c3ccc4ccc5ccc(-c6ccc(-c7ccc8ccc9cccc%10ccc7c8c9%10)cc6)nc5c4n3)c2)c1. The molecular formula is C133H81N9. The van der Waals surface area contributed by atoms with Crippen LogP contribution in [0.2, 0.25) is 0 Å². The van der Waals surface area contributed by atoms with E-state index in [0.29, 0.717) is 0 Å². The Labute approximate surface area is 817 Å². The minimum atomic E-state index is 0.906. The van der Waals surface area contributed by atoms with Crippen LogP contribution < -0.4 is 0 Å². The van der Waals surface area contributed by atoms with Gasteiger partial charge in [0.15, 0.2) is 0 Å². The summed E-state index contributed by atoms with van der Waals surface area (Å²) in [5.41, 5.74) is 36.6. The molecule has 9 heteroatoms. The smallest absolute Gasteiger partial charge is 0.0972 e. The van der Waals surface area contributed by atoms with Gasteiger partial charge in [-0.2, -0.15) is 0 Å². The first-order valence-electron chi connectivity index (χ1n) is 48.0. The molecule has 0 amide bonds. The molecule has 9 aromatic heterocycles. The van der Waals surface area contributed by atoms with E-state index < -0.39 is 0 Å². The van der Waals surface area contributed by atoms with E-state index in [1.54, 1.807) is 6.20 Å². The minimum absolute atomic E-state index is 0.906. The lowest BCUT2D eigenvalue weighted by molar-refractivity contribution is 1.32. The van der Waals surface area contributed by atoms with Crippen LogP contribution in [0.4, 0.5) is 0 Å². The maximum Gasteiger partial charge on any atom is 0.0972 e. The van der Waals surface area contributed by atoms with Crippen molar-refractivity contribution in [3.05, 3.63) is 492 Å². The van der Waals surface area contributed by atoms with Gasteiger partial charge < -0.3 is 0 Å². The first-order chi connectivity index (χ1) is 70.3. The van der Waals surface area contributed by atoms with Crippen LogP contribution in [-0.2, 0) is 0 Å². The third-order valence-electron chi connectivity index (χ3n) is 28.4. The standard InChI is InChI=1S/2C45H27N3.C43H27N3/c1-4-30-13-14-32-17-21-38(39-22-18-31(5-1)42(30)43(32)39)28-9-11-29(12-10-28)40-23-19-33-15-16-34-20-24-41(48-45(34)44(33)47-40)36-7-2-6-35(26-36)37-8-3-25-46-27-37;1-2-7-36-35(6-1)38-9-5-8-37-34(23-24-39(36)43(37)38)28-11-13-30(14-12-28)41-25-21-32-19-20-33-22-26-42(48-45(33)44(32)47-41)31-17-15-29(16-18-31)40-10-3-4-27-46-40;1-2-6-36-35(5-1)27-39(38-8-4-3-7-37(36)38)30-11-15-32(16-12-30)41-22-20-34-18-17-33-19-21-40(45-42(33)43(34)46-41)31-13-9-28(10-14-31)29-23-25-44-26-24-29/h2*1-27H;1-27H. The van der Waals surface area contributed by atoms with E-state index in [9.17, 15) is 0 Å². The lowest BCUT2D eigenvalue weighted by Crippen LogP contribution is -1.91. The molecule has 1 aliphatic carbocycles. The van der Waals surface area contributed by atoms with Crippen LogP contribution in [0.25, 0.3) is 287 Å². The normalized spacial score (nSPS) is 11.7. The molecule has 0 atom stereocenters. The fourth-order valence-electron chi connectivity index (χ4n) is 21.2. The molecule has 142 heavy (non-hydrogen) atoms.